The van der Waals surface area contributed by atoms with Gasteiger partial charge in [0.25, 0.3) is 0 Å². The number of ether oxygens (including phenoxy) is 1. The van der Waals surface area contributed by atoms with E-state index < -0.39 is 26.7 Å². The Morgan fingerprint density at radius 3 is 2.55 bits per heavy atom. The SMILES string of the molecule is CCCCCOC(=O)c1cc(C)c(F)c(S(N)(=O)=O)c1. The molecule has 0 aromatic heterocycles. The summed E-state index contributed by atoms with van der Waals surface area (Å²) in [7, 11) is -4.22. The van der Waals surface area contributed by atoms with Crippen LogP contribution in [0.3, 0.4) is 0 Å². The smallest absolute Gasteiger partial charge is 0.338 e. The maximum absolute atomic E-state index is 13.7. The fourth-order valence-electron chi connectivity index (χ4n) is 1.66. The molecule has 0 unspecified atom stereocenters. The summed E-state index contributed by atoms with van der Waals surface area (Å²) in [4.78, 5) is 11.1. The number of benzene rings is 1. The molecule has 0 heterocycles. The quantitative estimate of drug-likeness (QED) is 0.644. The maximum Gasteiger partial charge on any atom is 0.338 e. The van der Waals surface area contributed by atoms with Crippen LogP contribution in [-0.2, 0) is 14.8 Å². The van der Waals surface area contributed by atoms with Crippen LogP contribution in [0.1, 0.15) is 42.1 Å². The average Bonchev–Trinajstić information content (AvgIpc) is 2.36. The minimum atomic E-state index is -4.22. The Morgan fingerprint density at radius 2 is 2.00 bits per heavy atom. The molecule has 0 radical (unpaired) electrons. The summed E-state index contributed by atoms with van der Waals surface area (Å²) >= 11 is 0. The second kappa shape index (κ2) is 6.81. The summed E-state index contributed by atoms with van der Waals surface area (Å²) in [5, 5.41) is 4.92. The molecule has 0 aliphatic carbocycles. The van der Waals surface area contributed by atoms with Gasteiger partial charge in [-0.15, -0.1) is 0 Å². The molecule has 1 aromatic carbocycles. The number of aryl methyl sites for hydroxylation is 1. The predicted molar refractivity (Wildman–Crippen MR) is 72.3 cm³/mol. The molecule has 0 saturated heterocycles. The predicted octanol–water partition coefficient (Wildman–Crippen LogP) is 2.13. The van der Waals surface area contributed by atoms with Gasteiger partial charge in [0.05, 0.1) is 12.2 Å². The van der Waals surface area contributed by atoms with Crippen LogP contribution in [0.25, 0.3) is 0 Å². The summed E-state index contributed by atoms with van der Waals surface area (Å²) < 4.78 is 41.2. The molecule has 1 rings (SSSR count). The van der Waals surface area contributed by atoms with Gasteiger partial charge in [0.2, 0.25) is 10.0 Å². The van der Waals surface area contributed by atoms with E-state index in [1.807, 2.05) is 6.92 Å². The van der Waals surface area contributed by atoms with Crippen molar-refractivity contribution in [3.8, 4) is 0 Å². The molecule has 0 aliphatic heterocycles. The topological polar surface area (TPSA) is 86.5 Å². The molecular formula is C13H18FNO4S. The molecule has 0 amide bonds. The minimum Gasteiger partial charge on any atom is -0.462 e. The van der Waals surface area contributed by atoms with Gasteiger partial charge in [0, 0.05) is 0 Å². The van der Waals surface area contributed by atoms with Gasteiger partial charge in [-0.05, 0) is 31.0 Å². The number of nitrogens with two attached hydrogens (primary N) is 1. The van der Waals surface area contributed by atoms with Crippen molar-refractivity contribution in [2.45, 2.75) is 38.0 Å². The largest absolute Gasteiger partial charge is 0.462 e. The molecule has 0 saturated carbocycles. The third-order valence-corrected chi connectivity index (χ3v) is 3.65. The van der Waals surface area contributed by atoms with Gasteiger partial charge in [-0.25, -0.2) is 22.7 Å². The van der Waals surface area contributed by atoms with E-state index in [2.05, 4.69) is 0 Å². The van der Waals surface area contributed by atoms with Gasteiger partial charge >= 0.3 is 5.97 Å². The molecule has 112 valence electrons. The van der Waals surface area contributed by atoms with Gasteiger partial charge in [-0.1, -0.05) is 19.8 Å². The van der Waals surface area contributed by atoms with Gasteiger partial charge in [0.15, 0.2) is 0 Å². The third kappa shape index (κ3) is 4.28. The number of unbranched alkanes of at least 4 members (excludes halogenated alkanes) is 2. The van der Waals surface area contributed by atoms with E-state index >= 15 is 0 Å². The lowest BCUT2D eigenvalue weighted by atomic mass is 10.1. The second-order valence-corrected chi connectivity index (χ2v) is 6.02. The molecule has 0 bridgehead atoms. The number of sulfonamides is 1. The minimum absolute atomic E-state index is 0.0237. The van der Waals surface area contributed by atoms with Crippen molar-refractivity contribution < 1.29 is 22.3 Å². The van der Waals surface area contributed by atoms with Gasteiger partial charge in [0.1, 0.15) is 10.7 Å². The zero-order valence-electron chi connectivity index (χ0n) is 11.5. The lowest BCUT2D eigenvalue weighted by Gasteiger charge is -2.08. The summed E-state index contributed by atoms with van der Waals surface area (Å²) in [5.74, 6) is -1.64. The van der Waals surface area contributed by atoms with E-state index in [9.17, 15) is 17.6 Å². The van der Waals surface area contributed by atoms with E-state index in [1.165, 1.54) is 13.0 Å². The first-order chi connectivity index (χ1) is 9.27. The molecule has 2 N–H and O–H groups in total. The Hall–Kier alpha value is -1.47. The number of rotatable bonds is 6. The Bertz CT molecular complexity index is 599. The first-order valence-corrected chi connectivity index (χ1v) is 7.82. The maximum atomic E-state index is 13.7. The van der Waals surface area contributed by atoms with Crippen LogP contribution in [0.5, 0.6) is 0 Å². The number of halogens is 1. The van der Waals surface area contributed by atoms with E-state index in [0.717, 1.165) is 25.3 Å². The first kappa shape index (κ1) is 16.6. The molecule has 5 nitrogen and oxygen atoms in total. The summed E-state index contributed by atoms with van der Waals surface area (Å²) in [6.07, 6.45) is 2.64. The highest BCUT2D eigenvalue weighted by molar-refractivity contribution is 7.89. The molecule has 0 aliphatic rings. The van der Waals surface area contributed by atoms with E-state index in [0.29, 0.717) is 0 Å². The van der Waals surface area contributed by atoms with Crippen molar-refractivity contribution >= 4 is 16.0 Å². The highest BCUT2D eigenvalue weighted by Gasteiger charge is 2.20. The molecule has 20 heavy (non-hydrogen) atoms. The van der Waals surface area contributed by atoms with Crippen LogP contribution in [0.15, 0.2) is 17.0 Å². The van der Waals surface area contributed by atoms with Gasteiger partial charge in [-0.2, -0.15) is 0 Å². The first-order valence-electron chi connectivity index (χ1n) is 6.27. The van der Waals surface area contributed by atoms with Crippen LogP contribution >= 0.6 is 0 Å². The van der Waals surface area contributed by atoms with Crippen LogP contribution in [0, 0.1) is 12.7 Å². The van der Waals surface area contributed by atoms with Crippen molar-refractivity contribution in [3.05, 3.63) is 29.1 Å². The molecule has 0 fully saturated rings. The zero-order chi connectivity index (χ0) is 15.3. The van der Waals surface area contributed by atoms with Gasteiger partial charge < -0.3 is 4.74 Å². The van der Waals surface area contributed by atoms with Crippen molar-refractivity contribution in [1.82, 2.24) is 0 Å². The number of hydrogen-bond acceptors (Lipinski definition) is 4. The normalized spacial score (nSPS) is 11.4. The molecule has 0 atom stereocenters. The van der Waals surface area contributed by atoms with Crippen LogP contribution < -0.4 is 5.14 Å². The van der Waals surface area contributed by atoms with E-state index in [4.69, 9.17) is 9.88 Å². The molecule has 1 aromatic rings. The van der Waals surface area contributed by atoms with Crippen molar-refractivity contribution in [3.63, 3.8) is 0 Å². The Labute approximate surface area is 118 Å². The fourth-order valence-corrected chi connectivity index (χ4v) is 2.36. The van der Waals surface area contributed by atoms with Crippen molar-refractivity contribution in [2.75, 3.05) is 6.61 Å². The number of hydrogen-bond donors (Lipinski definition) is 1. The summed E-state index contributed by atoms with van der Waals surface area (Å²) in [6.45, 7) is 3.62. The van der Waals surface area contributed by atoms with E-state index in [1.54, 1.807) is 0 Å². The number of esters is 1. The average molecular weight is 303 g/mol. The van der Waals surface area contributed by atoms with Crippen LogP contribution in [0.4, 0.5) is 4.39 Å². The Kier molecular flexibility index (Phi) is 5.64. The summed E-state index contributed by atoms with van der Waals surface area (Å²) in [5.41, 5.74) is 0.00135. The fraction of sp³-hybridized carbons (Fsp3) is 0.462. The monoisotopic (exact) mass is 303 g/mol. The molecule has 7 heteroatoms. The number of carbonyl (C=O) groups is 1. The van der Waals surface area contributed by atoms with Crippen LogP contribution in [-0.4, -0.2) is 21.0 Å². The van der Waals surface area contributed by atoms with E-state index in [-0.39, 0.29) is 17.7 Å². The second-order valence-electron chi connectivity index (χ2n) is 4.49. The lowest BCUT2D eigenvalue weighted by molar-refractivity contribution is 0.0497. The number of carbonyl (C=O) groups excluding carboxylic acids is 1. The van der Waals surface area contributed by atoms with Gasteiger partial charge in [-0.3, -0.25) is 0 Å². The summed E-state index contributed by atoms with van der Waals surface area (Å²) in [6, 6.07) is 2.14. The Morgan fingerprint density at radius 1 is 1.35 bits per heavy atom. The lowest BCUT2D eigenvalue weighted by Crippen LogP contribution is -2.16. The standard InChI is InChI=1S/C13H18FNO4S/c1-3-4-5-6-19-13(16)10-7-9(2)12(14)11(8-10)20(15,17)18/h7-8H,3-6H2,1-2H3,(H2,15,17,18). The van der Waals surface area contributed by atoms with Crippen molar-refractivity contribution in [2.24, 2.45) is 5.14 Å². The Balaban J connectivity index is 2.97. The highest BCUT2D eigenvalue weighted by Crippen LogP contribution is 2.20. The van der Waals surface area contributed by atoms with Crippen molar-refractivity contribution in [1.29, 1.82) is 0 Å². The number of primary sulfonamides is 1. The highest BCUT2D eigenvalue weighted by atomic mass is 32.2. The third-order valence-electron chi connectivity index (χ3n) is 2.74. The molecule has 0 spiro atoms. The molecular weight excluding hydrogens is 285 g/mol. The zero-order valence-corrected chi connectivity index (χ0v) is 12.3. The van der Waals surface area contributed by atoms with Crippen LogP contribution in [0.2, 0.25) is 0 Å².